The van der Waals surface area contributed by atoms with E-state index >= 15 is 0 Å². The van der Waals surface area contributed by atoms with Crippen LogP contribution < -0.4 is 0 Å². The summed E-state index contributed by atoms with van der Waals surface area (Å²) < 4.78 is 0. The van der Waals surface area contributed by atoms with Gasteiger partial charge in [0.25, 0.3) is 0 Å². The Kier molecular flexibility index (Phi) is 360. The summed E-state index contributed by atoms with van der Waals surface area (Å²) in [7, 11) is 0. The molecule has 0 aromatic heterocycles. The predicted molar refractivity (Wildman–Crippen MR) is 40.8 cm³/mol. The summed E-state index contributed by atoms with van der Waals surface area (Å²) in [5, 5.41) is 0. The van der Waals surface area contributed by atoms with Crippen LogP contribution in [-0.4, -0.2) is 27.3 Å². The van der Waals surface area contributed by atoms with Crippen molar-refractivity contribution in [1.82, 2.24) is 0 Å². The molecule has 0 heterocycles. The zero-order valence-electron chi connectivity index (χ0n) is 2.29. The maximum Gasteiger partial charge on any atom is 4.00 e. The summed E-state index contributed by atoms with van der Waals surface area (Å²) in [5.41, 5.74) is 0. The fourth-order valence-electron chi connectivity index (χ4n) is 0. The number of rotatable bonds is 0. The molecule has 0 amide bonds. The number of hydrogen-bond donors (Lipinski definition) is 0. The van der Waals surface area contributed by atoms with Crippen molar-refractivity contribution in [2.45, 2.75) is 0 Å². The van der Waals surface area contributed by atoms with Crippen molar-refractivity contribution in [3.05, 3.63) is 0 Å². The van der Waals surface area contributed by atoms with E-state index in [0.717, 1.165) is 0 Å². The van der Waals surface area contributed by atoms with E-state index in [4.69, 9.17) is 0 Å². The Bertz CT molecular complexity index is 3.61. The molecule has 0 aromatic rings. The molecule has 0 aliphatic rings. The van der Waals surface area contributed by atoms with Crippen LogP contribution in [0.5, 0.6) is 0 Å². The molecule has 0 unspecified atom stereocenters. The predicted octanol–water partition coefficient (Wildman–Crippen LogP) is -1.46. The minimum absolute atomic E-state index is 0. The summed E-state index contributed by atoms with van der Waals surface area (Å²) in [5.74, 6) is 0. The van der Waals surface area contributed by atoms with E-state index in [9.17, 15) is 0 Å². The summed E-state index contributed by atoms with van der Waals surface area (Å²) in [6.07, 6.45) is 0. The minimum Gasteiger partial charge on any atom is -0.813 e. The number of hydrogen-bond acceptors (Lipinski definition) is 4. The summed E-state index contributed by atoms with van der Waals surface area (Å²) in [6, 6.07) is 0. The Balaban J connectivity index is 0. The van der Waals surface area contributed by atoms with Gasteiger partial charge in [-0.1, -0.05) is 0 Å². The quantitative estimate of drug-likeness (QED) is 0.300. The molecule has 32 valence electrons. The monoisotopic (exact) mass is 340 g/mol. The molecule has 0 atom stereocenters. The molecule has 0 rings (SSSR count). The van der Waals surface area contributed by atoms with Crippen LogP contribution in [0.4, 0.5) is 0 Å². The van der Waals surface area contributed by atoms with Crippen molar-refractivity contribution >= 4 is 81.3 Å². The maximum absolute atomic E-state index is 0. The molecule has 0 saturated heterocycles. The van der Waals surface area contributed by atoms with Crippen LogP contribution in [0.25, 0.3) is 0 Å². The molecule has 0 aliphatic heterocycles. The molecule has 0 bridgehead atoms. The van der Waals surface area contributed by atoms with Crippen molar-refractivity contribution in [3.8, 4) is 0 Å². The average Bonchev–Trinajstić information content (AvgIpc) is 0. The van der Waals surface area contributed by atoms with Crippen molar-refractivity contribution in [2.24, 2.45) is 0 Å². The SMILES string of the molecule is [Pb+4].[SH-].[SH-].[SH-].[SH-]. The third kappa shape index (κ3) is 21.9. The Morgan fingerprint density at radius 2 is 0.400 bits per heavy atom. The molecule has 0 spiro atoms. The molecule has 5 heavy (non-hydrogen) atoms. The van der Waals surface area contributed by atoms with Crippen LogP contribution in [0, 0.1) is 0 Å². The number of thiol groups is 4. The second-order valence-corrected chi connectivity index (χ2v) is 0. The van der Waals surface area contributed by atoms with Crippen molar-refractivity contribution in [1.29, 1.82) is 0 Å². The van der Waals surface area contributed by atoms with Gasteiger partial charge in [-0.05, 0) is 0 Å². The van der Waals surface area contributed by atoms with Crippen molar-refractivity contribution in [3.63, 3.8) is 0 Å². The first-order valence-corrected chi connectivity index (χ1v) is 0. The van der Waals surface area contributed by atoms with Crippen LogP contribution >= 0.6 is 0 Å². The van der Waals surface area contributed by atoms with Gasteiger partial charge in [0, 0.05) is 0 Å². The molecule has 0 N–H and O–H groups in total. The molecule has 0 aromatic carbocycles. The Hall–Kier alpha value is 2.32. The smallest absolute Gasteiger partial charge is 0.813 e. The van der Waals surface area contributed by atoms with Gasteiger partial charge >= 0.3 is 27.3 Å². The van der Waals surface area contributed by atoms with Gasteiger partial charge in [-0.15, -0.1) is 0 Å². The van der Waals surface area contributed by atoms with Crippen molar-refractivity contribution < 1.29 is 0 Å². The molecule has 0 aliphatic carbocycles. The third-order valence-corrected chi connectivity index (χ3v) is 0. The fourth-order valence-corrected chi connectivity index (χ4v) is 0. The Labute approximate surface area is 80.4 Å². The second-order valence-electron chi connectivity index (χ2n) is 0. The molecule has 0 radical (unpaired) electrons. The third-order valence-electron chi connectivity index (χ3n) is 0. The van der Waals surface area contributed by atoms with E-state index in [0.29, 0.717) is 0 Å². The molecule has 0 saturated carbocycles. The van der Waals surface area contributed by atoms with Gasteiger partial charge in [0.1, 0.15) is 0 Å². The van der Waals surface area contributed by atoms with Crippen LogP contribution in [0.2, 0.25) is 0 Å². The zero-order chi connectivity index (χ0) is 0. The van der Waals surface area contributed by atoms with E-state index in [2.05, 4.69) is 0 Å². The van der Waals surface area contributed by atoms with Gasteiger partial charge in [-0.3, -0.25) is 0 Å². The van der Waals surface area contributed by atoms with Gasteiger partial charge in [0.05, 0.1) is 0 Å². The van der Waals surface area contributed by atoms with Gasteiger partial charge in [-0.25, -0.2) is 0 Å². The fraction of sp³-hybridized carbons (Fsp3) is 0. The normalized spacial score (nSPS) is 0. The molecule has 5 heteroatoms. The van der Waals surface area contributed by atoms with Gasteiger partial charge in [-0.2, -0.15) is 0 Å². The summed E-state index contributed by atoms with van der Waals surface area (Å²) >= 11 is 0. The topological polar surface area (TPSA) is 0 Å². The van der Waals surface area contributed by atoms with Gasteiger partial charge in [0.2, 0.25) is 0 Å². The summed E-state index contributed by atoms with van der Waals surface area (Å²) in [4.78, 5) is 0. The van der Waals surface area contributed by atoms with E-state index in [-0.39, 0.29) is 81.3 Å². The Morgan fingerprint density at radius 1 is 0.400 bits per heavy atom. The molecule has 0 fully saturated rings. The zero-order valence-corrected chi connectivity index (χ0v) is 9.75. The molecule has 0 nitrogen and oxygen atoms in total. The molecular weight excluding hydrogens is 335 g/mol. The van der Waals surface area contributed by atoms with Crippen LogP contribution in [0.15, 0.2) is 0 Å². The standard InChI is InChI=1S/Pb.4H2S/h;4*1H2/q+4;;;;/p-4. The minimum atomic E-state index is 0. The van der Waals surface area contributed by atoms with Crippen LogP contribution in [-0.2, 0) is 54.0 Å². The Morgan fingerprint density at radius 3 is 0.400 bits per heavy atom. The largest absolute Gasteiger partial charge is 4.00 e. The molecular formula is H4PbS4. The van der Waals surface area contributed by atoms with E-state index < -0.39 is 0 Å². The first kappa shape index (κ1) is 54.3. The average molecular weight is 339 g/mol. The van der Waals surface area contributed by atoms with E-state index in [1.165, 1.54) is 0 Å². The van der Waals surface area contributed by atoms with E-state index in [1.807, 2.05) is 0 Å². The van der Waals surface area contributed by atoms with E-state index in [1.54, 1.807) is 0 Å². The summed E-state index contributed by atoms with van der Waals surface area (Å²) in [6.45, 7) is 0. The van der Waals surface area contributed by atoms with Gasteiger partial charge in [0.15, 0.2) is 0 Å². The van der Waals surface area contributed by atoms with Crippen LogP contribution in [0.3, 0.4) is 0 Å². The van der Waals surface area contributed by atoms with Crippen molar-refractivity contribution in [2.75, 3.05) is 0 Å². The maximum atomic E-state index is 0. The van der Waals surface area contributed by atoms with Gasteiger partial charge < -0.3 is 54.0 Å². The van der Waals surface area contributed by atoms with Crippen LogP contribution in [0.1, 0.15) is 0 Å². The first-order chi connectivity index (χ1) is 0. The second kappa shape index (κ2) is 33.2. The first-order valence-electron chi connectivity index (χ1n) is 0.